The number of carbonyl (C=O) groups is 1. The molecule has 132 valence electrons. The van der Waals surface area contributed by atoms with Crippen LogP contribution in [0.4, 0.5) is 26.0 Å². The number of amides is 1. The third-order valence-electron chi connectivity index (χ3n) is 3.28. The smallest absolute Gasteiger partial charge is 0.275 e. The zero-order valence-corrected chi connectivity index (χ0v) is 14.4. The highest BCUT2D eigenvalue weighted by atomic mass is 35.5. The molecule has 0 aliphatic carbocycles. The molecule has 0 spiro atoms. The third-order valence-corrected chi connectivity index (χ3v) is 4.10. The molecule has 0 bridgehead atoms. The lowest BCUT2D eigenvalue weighted by atomic mass is 10.3. The Kier molecular flexibility index (Phi) is 5.29. The fourth-order valence-electron chi connectivity index (χ4n) is 2.03. The van der Waals surface area contributed by atoms with Crippen LogP contribution < -0.4 is 10.6 Å². The molecule has 0 atom stereocenters. The molecule has 9 heteroatoms. The van der Waals surface area contributed by atoms with Crippen molar-refractivity contribution >= 4 is 46.3 Å². The van der Waals surface area contributed by atoms with Crippen LogP contribution in [-0.2, 0) is 0 Å². The predicted octanol–water partition coefficient (Wildman–Crippen LogP) is 5.06. The minimum atomic E-state index is -0.889. The Morgan fingerprint density at radius 2 is 1.81 bits per heavy atom. The maximum Gasteiger partial charge on any atom is 0.275 e. The number of aromatic nitrogens is 2. The molecule has 5 nitrogen and oxygen atoms in total. The first kappa shape index (κ1) is 18.0. The monoisotopic (exact) mass is 394 g/mol. The van der Waals surface area contributed by atoms with Crippen LogP contribution in [-0.4, -0.2) is 15.9 Å². The molecule has 0 radical (unpaired) electrons. The maximum atomic E-state index is 13.6. The number of rotatable bonds is 4. The zero-order chi connectivity index (χ0) is 18.7. The third kappa shape index (κ3) is 4.07. The molecule has 0 saturated heterocycles. The second-order valence-corrected chi connectivity index (χ2v) is 5.88. The minimum absolute atomic E-state index is 0.0449. The van der Waals surface area contributed by atoms with Crippen molar-refractivity contribution in [3.05, 3.63) is 76.2 Å². The van der Waals surface area contributed by atoms with Gasteiger partial charge in [-0.25, -0.2) is 18.7 Å². The van der Waals surface area contributed by atoms with Gasteiger partial charge in [-0.1, -0.05) is 29.3 Å². The lowest BCUT2D eigenvalue weighted by molar-refractivity contribution is 0.102. The van der Waals surface area contributed by atoms with Crippen LogP contribution in [0.15, 0.2) is 48.8 Å². The van der Waals surface area contributed by atoms with Gasteiger partial charge in [-0.2, -0.15) is 0 Å². The Morgan fingerprint density at radius 3 is 2.50 bits per heavy atom. The number of carbonyl (C=O) groups excluding carboxylic acids is 1. The van der Waals surface area contributed by atoms with Crippen molar-refractivity contribution in [2.75, 3.05) is 10.6 Å². The van der Waals surface area contributed by atoms with Crippen molar-refractivity contribution in [1.29, 1.82) is 0 Å². The van der Waals surface area contributed by atoms with Crippen LogP contribution in [0.25, 0.3) is 0 Å². The number of halogens is 4. The normalized spacial score (nSPS) is 10.5. The van der Waals surface area contributed by atoms with E-state index in [-0.39, 0.29) is 11.4 Å². The summed E-state index contributed by atoms with van der Waals surface area (Å²) < 4.78 is 26.5. The van der Waals surface area contributed by atoms with Gasteiger partial charge in [-0.3, -0.25) is 4.79 Å². The molecule has 0 fully saturated rings. The van der Waals surface area contributed by atoms with E-state index in [0.29, 0.717) is 27.6 Å². The van der Waals surface area contributed by atoms with Gasteiger partial charge in [-0.05, 0) is 24.3 Å². The molecule has 0 aliphatic heterocycles. The number of hydrogen-bond donors (Lipinski definition) is 2. The summed E-state index contributed by atoms with van der Waals surface area (Å²) in [5.74, 6) is -1.98. The SMILES string of the molecule is O=C(Nc1ccc(F)cc1F)c1cnc(Nc2cccc(Cl)c2Cl)cn1. The first-order valence-electron chi connectivity index (χ1n) is 7.23. The summed E-state index contributed by atoms with van der Waals surface area (Å²) in [5, 5.41) is 5.92. The van der Waals surface area contributed by atoms with E-state index in [1.165, 1.54) is 12.4 Å². The van der Waals surface area contributed by atoms with Crippen LogP contribution >= 0.6 is 23.2 Å². The van der Waals surface area contributed by atoms with Crippen molar-refractivity contribution < 1.29 is 13.6 Å². The molecule has 0 unspecified atom stereocenters. The van der Waals surface area contributed by atoms with Crippen LogP contribution in [0.5, 0.6) is 0 Å². The minimum Gasteiger partial charge on any atom is -0.338 e. The number of nitrogens with zero attached hydrogens (tertiary/aromatic N) is 2. The quantitative estimate of drug-likeness (QED) is 0.648. The summed E-state index contributed by atoms with van der Waals surface area (Å²) in [6, 6.07) is 7.88. The van der Waals surface area contributed by atoms with E-state index in [1.54, 1.807) is 18.2 Å². The van der Waals surface area contributed by atoms with E-state index in [4.69, 9.17) is 23.2 Å². The summed E-state index contributed by atoms with van der Waals surface area (Å²) in [6.07, 6.45) is 2.52. The van der Waals surface area contributed by atoms with E-state index in [2.05, 4.69) is 20.6 Å². The van der Waals surface area contributed by atoms with E-state index >= 15 is 0 Å². The molecule has 2 N–H and O–H groups in total. The molecule has 3 aromatic rings. The van der Waals surface area contributed by atoms with Gasteiger partial charge in [0, 0.05) is 6.07 Å². The number of anilines is 3. The summed E-state index contributed by atoms with van der Waals surface area (Å²) in [7, 11) is 0. The van der Waals surface area contributed by atoms with E-state index in [9.17, 15) is 13.6 Å². The van der Waals surface area contributed by atoms with Gasteiger partial charge in [0.2, 0.25) is 0 Å². The fraction of sp³-hybridized carbons (Fsp3) is 0. The molecule has 1 heterocycles. The van der Waals surface area contributed by atoms with Gasteiger partial charge in [0.25, 0.3) is 5.91 Å². The average molecular weight is 395 g/mol. The Bertz CT molecular complexity index is 967. The van der Waals surface area contributed by atoms with E-state index < -0.39 is 17.5 Å². The van der Waals surface area contributed by atoms with Crippen molar-refractivity contribution in [2.45, 2.75) is 0 Å². The van der Waals surface area contributed by atoms with E-state index in [0.717, 1.165) is 12.1 Å². The lowest BCUT2D eigenvalue weighted by Crippen LogP contribution is -2.15. The van der Waals surface area contributed by atoms with Crippen LogP contribution in [0.3, 0.4) is 0 Å². The van der Waals surface area contributed by atoms with Crippen molar-refractivity contribution in [3.63, 3.8) is 0 Å². The maximum absolute atomic E-state index is 13.6. The van der Waals surface area contributed by atoms with Crippen molar-refractivity contribution in [2.24, 2.45) is 0 Å². The van der Waals surface area contributed by atoms with Gasteiger partial charge >= 0.3 is 0 Å². The van der Waals surface area contributed by atoms with Gasteiger partial charge in [0.1, 0.15) is 23.1 Å². The molecule has 0 aliphatic rings. The Balaban J connectivity index is 1.72. The predicted molar refractivity (Wildman–Crippen MR) is 96.1 cm³/mol. The summed E-state index contributed by atoms with van der Waals surface area (Å²) in [4.78, 5) is 20.1. The standard InChI is InChI=1S/C17H10Cl2F2N4O/c18-10-2-1-3-13(16(10)19)24-15-8-22-14(7-23-15)17(26)25-12-5-4-9(20)6-11(12)21/h1-8H,(H,23,24)(H,25,26). The van der Waals surface area contributed by atoms with Crippen LogP contribution in [0, 0.1) is 11.6 Å². The Hall–Kier alpha value is -2.77. The second kappa shape index (κ2) is 7.63. The van der Waals surface area contributed by atoms with Gasteiger partial charge < -0.3 is 10.6 Å². The summed E-state index contributed by atoms with van der Waals surface area (Å²) in [5.41, 5.74) is 0.321. The Labute approximate surface area is 157 Å². The molecule has 1 amide bonds. The fourth-order valence-corrected chi connectivity index (χ4v) is 2.37. The molecule has 26 heavy (non-hydrogen) atoms. The number of hydrogen-bond acceptors (Lipinski definition) is 4. The molecule has 0 saturated carbocycles. The average Bonchev–Trinajstić information content (AvgIpc) is 2.62. The van der Waals surface area contributed by atoms with Gasteiger partial charge in [0.15, 0.2) is 0 Å². The topological polar surface area (TPSA) is 66.9 Å². The highest BCUT2D eigenvalue weighted by molar-refractivity contribution is 6.43. The van der Waals surface area contributed by atoms with Crippen molar-refractivity contribution in [1.82, 2.24) is 9.97 Å². The summed E-state index contributed by atoms with van der Waals surface area (Å²) >= 11 is 12.0. The van der Waals surface area contributed by atoms with Gasteiger partial charge in [0.05, 0.1) is 33.8 Å². The molecular weight excluding hydrogens is 385 g/mol. The second-order valence-electron chi connectivity index (χ2n) is 5.09. The highest BCUT2D eigenvalue weighted by Crippen LogP contribution is 2.31. The molecule has 2 aromatic carbocycles. The largest absolute Gasteiger partial charge is 0.338 e. The zero-order valence-electron chi connectivity index (χ0n) is 12.9. The van der Waals surface area contributed by atoms with Crippen LogP contribution in [0.1, 0.15) is 10.5 Å². The molecule has 3 rings (SSSR count). The lowest BCUT2D eigenvalue weighted by Gasteiger charge is -2.09. The number of benzene rings is 2. The highest BCUT2D eigenvalue weighted by Gasteiger charge is 2.12. The van der Waals surface area contributed by atoms with Crippen molar-refractivity contribution in [3.8, 4) is 0 Å². The van der Waals surface area contributed by atoms with Gasteiger partial charge in [-0.15, -0.1) is 0 Å². The van der Waals surface area contributed by atoms with Crippen LogP contribution in [0.2, 0.25) is 10.0 Å². The number of nitrogens with one attached hydrogen (secondary N) is 2. The summed E-state index contributed by atoms with van der Waals surface area (Å²) in [6.45, 7) is 0. The molecular formula is C17H10Cl2F2N4O. The first-order chi connectivity index (χ1) is 12.4. The first-order valence-corrected chi connectivity index (χ1v) is 7.99. The molecule has 1 aromatic heterocycles. The Morgan fingerprint density at radius 1 is 1.00 bits per heavy atom. The van der Waals surface area contributed by atoms with E-state index in [1.807, 2.05) is 0 Å².